The second kappa shape index (κ2) is 6.81. The molecule has 18 heavy (non-hydrogen) atoms. The summed E-state index contributed by atoms with van der Waals surface area (Å²) in [7, 11) is 0. The lowest BCUT2D eigenvalue weighted by atomic mass is 9.94. The van der Waals surface area contributed by atoms with Crippen LogP contribution < -0.4 is 0 Å². The normalized spacial score (nSPS) is 17.4. The third kappa shape index (κ3) is 3.27. The summed E-state index contributed by atoms with van der Waals surface area (Å²) in [6.07, 6.45) is 8.72. The van der Waals surface area contributed by atoms with Gasteiger partial charge in [0.25, 0.3) is 0 Å². The van der Waals surface area contributed by atoms with Crippen LogP contribution in [0.4, 0.5) is 0 Å². The molecule has 1 aromatic carbocycles. The van der Waals surface area contributed by atoms with Crippen LogP contribution in [0.1, 0.15) is 61.1 Å². The Kier molecular flexibility index (Phi) is 5.08. The van der Waals surface area contributed by atoms with Crippen molar-refractivity contribution in [1.82, 2.24) is 0 Å². The monoisotopic (exact) mass is 261 g/mol. The predicted molar refractivity (Wildman–Crippen MR) is 76.0 cm³/mol. The minimum Gasteiger partial charge on any atom is -0.192 e. The fourth-order valence-corrected chi connectivity index (χ4v) is 3.10. The summed E-state index contributed by atoms with van der Waals surface area (Å²) in [6.45, 7) is 0. The maximum atomic E-state index is 8.90. The molecule has 0 amide bonds. The largest absolute Gasteiger partial charge is 0.192 e. The smallest absolute Gasteiger partial charge is 0.0991 e. The van der Waals surface area contributed by atoms with Crippen LogP contribution in [-0.4, -0.2) is 5.88 Å². The van der Waals surface area contributed by atoms with E-state index in [4.69, 9.17) is 16.9 Å². The third-order valence-electron chi connectivity index (χ3n) is 3.91. The predicted octanol–water partition coefficient (Wildman–Crippen LogP) is 4.78. The standard InChI is InChI=1S/C16H20ClN/c17-10-4-2-1-3-5-14-7-8-15-11-13(12-18)6-9-16(14)15/h6,9,11,14H,1-5,7-8,10H2/t14-/m0/s1. The van der Waals surface area contributed by atoms with Gasteiger partial charge in [0.15, 0.2) is 0 Å². The van der Waals surface area contributed by atoms with Gasteiger partial charge >= 0.3 is 0 Å². The summed E-state index contributed by atoms with van der Waals surface area (Å²) in [5.74, 6) is 1.52. The minimum atomic E-state index is 0.726. The van der Waals surface area contributed by atoms with E-state index in [0.717, 1.165) is 30.2 Å². The molecule has 0 N–H and O–H groups in total. The molecule has 0 saturated heterocycles. The lowest BCUT2D eigenvalue weighted by Crippen LogP contribution is -1.94. The molecule has 0 spiro atoms. The fourth-order valence-electron chi connectivity index (χ4n) is 2.91. The molecule has 0 fully saturated rings. The van der Waals surface area contributed by atoms with Gasteiger partial charge in [-0.05, 0) is 54.9 Å². The number of benzene rings is 1. The van der Waals surface area contributed by atoms with Gasteiger partial charge in [-0.3, -0.25) is 0 Å². The van der Waals surface area contributed by atoms with E-state index in [0.29, 0.717) is 0 Å². The second-order valence-corrected chi connectivity index (χ2v) is 5.53. The number of alkyl halides is 1. The van der Waals surface area contributed by atoms with Crippen LogP contribution in [0, 0.1) is 11.3 Å². The van der Waals surface area contributed by atoms with Gasteiger partial charge < -0.3 is 0 Å². The molecule has 2 rings (SSSR count). The van der Waals surface area contributed by atoms with E-state index in [-0.39, 0.29) is 0 Å². The number of hydrogen-bond acceptors (Lipinski definition) is 1. The molecule has 1 nitrogen and oxygen atoms in total. The van der Waals surface area contributed by atoms with Gasteiger partial charge in [0, 0.05) is 5.88 Å². The number of hydrogen-bond donors (Lipinski definition) is 0. The molecule has 2 heteroatoms. The molecular weight excluding hydrogens is 242 g/mol. The van der Waals surface area contributed by atoms with E-state index in [2.05, 4.69) is 18.2 Å². The molecule has 1 aromatic rings. The van der Waals surface area contributed by atoms with Gasteiger partial charge in [0.2, 0.25) is 0 Å². The molecule has 0 unspecified atom stereocenters. The number of halogens is 1. The van der Waals surface area contributed by atoms with Crippen molar-refractivity contribution < 1.29 is 0 Å². The van der Waals surface area contributed by atoms with E-state index in [1.165, 1.54) is 43.2 Å². The lowest BCUT2D eigenvalue weighted by Gasteiger charge is -2.11. The highest BCUT2D eigenvalue weighted by molar-refractivity contribution is 6.17. The van der Waals surface area contributed by atoms with Gasteiger partial charge in [-0.25, -0.2) is 0 Å². The Morgan fingerprint density at radius 1 is 1.22 bits per heavy atom. The Hall–Kier alpha value is -1.00. The SMILES string of the molecule is N#Cc1ccc2c(c1)CC[C@@H]2CCCCCCCl. The Labute approximate surface area is 115 Å². The minimum absolute atomic E-state index is 0.726. The van der Waals surface area contributed by atoms with Crippen LogP contribution in [0.2, 0.25) is 0 Å². The Balaban J connectivity index is 1.86. The van der Waals surface area contributed by atoms with Gasteiger partial charge in [-0.1, -0.05) is 25.3 Å². The van der Waals surface area contributed by atoms with E-state index in [9.17, 15) is 0 Å². The molecule has 0 radical (unpaired) electrons. The third-order valence-corrected chi connectivity index (χ3v) is 4.18. The van der Waals surface area contributed by atoms with Gasteiger partial charge in [-0.15, -0.1) is 11.6 Å². The maximum absolute atomic E-state index is 8.90. The topological polar surface area (TPSA) is 23.8 Å². The number of rotatable bonds is 6. The summed E-state index contributed by atoms with van der Waals surface area (Å²) in [5, 5.41) is 8.90. The quantitative estimate of drug-likeness (QED) is 0.534. The van der Waals surface area contributed by atoms with Crippen molar-refractivity contribution >= 4 is 11.6 Å². The molecule has 0 saturated carbocycles. The second-order valence-electron chi connectivity index (χ2n) is 5.15. The van der Waals surface area contributed by atoms with Crippen molar-refractivity contribution in [3.8, 4) is 6.07 Å². The highest BCUT2D eigenvalue weighted by Gasteiger charge is 2.21. The summed E-state index contributed by atoms with van der Waals surface area (Å²) in [5.41, 5.74) is 3.70. The molecule has 0 aliphatic heterocycles. The molecule has 1 aliphatic carbocycles. The van der Waals surface area contributed by atoms with Crippen LogP contribution in [0.25, 0.3) is 0 Å². The van der Waals surface area contributed by atoms with E-state index >= 15 is 0 Å². The number of nitrogens with zero attached hydrogens (tertiary/aromatic N) is 1. The van der Waals surface area contributed by atoms with Crippen LogP contribution in [0.5, 0.6) is 0 Å². The highest BCUT2D eigenvalue weighted by atomic mass is 35.5. The van der Waals surface area contributed by atoms with E-state index in [1.54, 1.807) is 0 Å². The van der Waals surface area contributed by atoms with E-state index in [1.807, 2.05) is 6.07 Å². The van der Waals surface area contributed by atoms with Crippen LogP contribution in [-0.2, 0) is 6.42 Å². The van der Waals surface area contributed by atoms with Crippen LogP contribution in [0.3, 0.4) is 0 Å². The molecule has 0 aromatic heterocycles. The number of nitriles is 1. The average molecular weight is 262 g/mol. The maximum Gasteiger partial charge on any atom is 0.0991 e. The summed E-state index contributed by atoms with van der Waals surface area (Å²) >= 11 is 5.68. The Morgan fingerprint density at radius 3 is 2.83 bits per heavy atom. The first-order chi connectivity index (χ1) is 8.85. The summed E-state index contributed by atoms with van der Waals surface area (Å²) < 4.78 is 0. The lowest BCUT2D eigenvalue weighted by molar-refractivity contribution is 0.551. The molecule has 96 valence electrons. The zero-order valence-corrected chi connectivity index (χ0v) is 11.5. The first kappa shape index (κ1) is 13.4. The Morgan fingerprint density at radius 2 is 2.06 bits per heavy atom. The number of aryl methyl sites for hydroxylation is 1. The molecule has 1 aliphatic rings. The van der Waals surface area contributed by atoms with Crippen LogP contribution >= 0.6 is 11.6 Å². The van der Waals surface area contributed by atoms with Gasteiger partial charge in [0.05, 0.1) is 11.6 Å². The van der Waals surface area contributed by atoms with Crippen molar-refractivity contribution in [3.05, 3.63) is 34.9 Å². The highest BCUT2D eigenvalue weighted by Crippen LogP contribution is 2.37. The molecule has 1 atom stereocenters. The molecular formula is C16H20ClN. The van der Waals surface area contributed by atoms with Crippen molar-refractivity contribution in [2.24, 2.45) is 0 Å². The van der Waals surface area contributed by atoms with Crippen molar-refractivity contribution in [1.29, 1.82) is 5.26 Å². The Bertz CT molecular complexity index is 433. The first-order valence-electron chi connectivity index (χ1n) is 6.94. The summed E-state index contributed by atoms with van der Waals surface area (Å²) in [6, 6.07) is 8.43. The van der Waals surface area contributed by atoms with Crippen molar-refractivity contribution in [2.45, 2.75) is 50.9 Å². The van der Waals surface area contributed by atoms with Crippen LogP contribution in [0.15, 0.2) is 18.2 Å². The summed E-state index contributed by atoms with van der Waals surface area (Å²) in [4.78, 5) is 0. The molecule has 0 bridgehead atoms. The zero-order chi connectivity index (χ0) is 12.8. The van der Waals surface area contributed by atoms with E-state index < -0.39 is 0 Å². The number of fused-ring (bicyclic) bond motifs is 1. The average Bonchev–Trinajstić information content (AvgIpc) is 2.81. The fraction of sp³-hybridized carbons (Fsp3) is 0.562. The van der Waals surface area contributed by atoms with Crippen molar-refractivity contribution in [2.75, 3.05) is 5.88 Å². The number of unbranched alkanes of at least 4 members (excludes halogenated alkanes) is 3. The zero-order valence-electron chi connectivity index (χ0n) is 10.8. The first-order valence-corrected chi connectivity index (χ1v) is 7.47. The van der Waals surface area contributed by atoms with Crippen molar-refractivity contribution in [3.63, 3.8) is 0 Å². The van der Waals surface area contributed by atoms with Gasteiger partial charge in [0.1, 0.15) is 0 Å². The molecule has 0 heterocycles. The van der Waals surface area contributed by atoms with Gasteiger partial charge in [-0.2, -0.15) is 5.26 Å².